The van der Waals surface area contributed by atoms with Gasteiger partial charge in [0.05, 0.1) is 6.61 Å². The summed E-state index contributed by atoms with van der Waals surface area (Å²) in [5.41, 5.74) is 1.69. The van der Waals surface area contributed by atoms with Gasteiger partial charge in [-0.3, -0.25) is 10.1 Å². The molecule has 0 saturated heterocycles. The second-order valence-electron chi connectivity index (χ2n) is 5.42. The van der Waals surface area contributed by atoms with Crippen molar-refractivity contribution in [1.29, 1.82) is 0 Å². The van der Waals surface area contributed by atoms with Gasteiger partial charge in [0.25, 0.3) is 5.91 Å². The Kier molecular flexibility index (Phi) is 6.14. The third kappa shape index (κ3) is 5.00. The van der Waals surface area contributed by atoms with Crippen molar-refractivity contribution in [2.24, 2.45) is 0 Å². The molecule has 1 amide bonds. The molecule has 2 aromatic heterocycles. The summed E-state index contributed by atoms with van der Waals surface area (Å²) in [6.45, 7) is 2.61. The monoisotopic (exact) mass is 388 g/mol. The van der Waals surface area contributed by atoms with Crippen molar-refractivity contribution in [2.75, 3.05) is 11.9 Å². The number of hydrogen-bond acceptors (Lipinski definition) is 6. The minimum Gasteiger partial charge on any atom is -0.493 e. The fourth-order valence-corrected chi connectivity index (χ4v) is 3.09. The third-order valence-electron chi connectivity index (χ3n) is 3.59. The molecule has 3 rings (SSSR count). The van der Waals surface area contributed by atoms with Crippen molar-refractivity contribution in [3.8, 4) is 5.75 Å². The molecule has 0 fully saturated rings. The van der Waals surface area contributed by atoms with Gasteiger partial charge < -0.3 is 4.74 Å². The van der Waals surface area contributed by atoms with Gasteiger partial charge in [-0.25, -0.2) is 4.98 Å². The first kappa shape index (κ1) is 18.3. The van der Waals surface area contributed by atoms with E-state index in [-0.39, 0.29) is 11.1 Å². The lowest BCUT2D eigenvalue weighted by Crippen LogP contribution is -2.11. The fraction of sp³-hybridized carbons (Fsp3) is 0.222. The number of ether oxygens (including phenoxy) is 1. The van der Waals surface area contributed by atoms with Crippen LogP contribution in [0.5, 0.6) is 5.75 Å². The van der Waals surface area contributed by atoms with Crippen LogP contribution in [-0.2, 0) is 12.8 Å². The Hall–Kier alpha value is -2.51. The minimum absolute atomic E-state index is 0.264. The molecule has 2 heterocycles. The normalized spacial score (nSPS) is 10.5. The molecule has 0 unspecified atom stereocenters. The number of nitrogens with one attached hydrogen (secondary N) is 1. The highest BCUT2D eigenvalue weighted by atomic mass is 35.5. The van der Waals surface area contributed by atoms with Gasteiger partial charge in [0.2, 0.25) is 5.13 Å². The van der Waals surface area contributed by atoms with Gasteiger partial charge in [0.1, 0.15) is 15.9 Å². The maximum absolute atomic E-state index is 12.1. The number of nitrogens with zero attached hydrogens (tertiary/aromatic N) is 3. The molecule has 0 atom stereocenters. The van der Waals surface area contributed by atoms with Crippen molar-refractivity contribution >= 4 is 34.0 Å². The zero-order chi connectivity index (χ0) is 18.4. The number of carbonyl (C=O) groups excluding carboxylic acids is 1. The molecule has 3 aromatic rings. The van der Waals surface area contributed by atoms with E-state index in [1.54, 1.807) is 6.07 Å². The topological polar surface area (TPSA) is 77.0 Å². The molecule has 0 bridgehead atoms. The molecule has 0 saturated carbocycles. The largest absolute Gasteiger partial charge is 0.493 e. The van der Waals surface area contributed by atoms with E-state index in [2.05, 4.69) is 39.6 Å². The molecule has 0 aliphatic rings. The summed E-state index contributed by atoms with van der Waals surface area (Å²) < 4.78 is 5.71. The zero-order valence-corrected chi connectivity index (χ0v) is 15.7. The molecule has 0 aliphatic carbocycles. The van der Waals surface area contributed by atoms with E-state index in [1.807, 2.05) is 12.1 Å². The second-order valence-corrected chi connectivity index (χ2v) is 6.87. The predicted octanol–water partition coefficient (Wildman–Crippen LogP) is 4.02. The highest BCUT2D eigenvalue weighted by Crippen LogP contribution is 2.18. The molecule has 134 valence electrons. The van der Waals surface area contributed by atoms with E-state index in [1.165, 1.54) is 29.2 Å². The SMILES string of the molecule is CCc1ccc(OCCc2nnc(NC(=O)c3ccnc(Cl)c3)s2)cc1. The highest BCUT2D eigenvalue weighted by Gasteiger charge is 2.11. The van der Waals surface area contributed by atoms with Crippen LogP contribution in [0.15, 0.2) is 42.6 Å². The fourth-order valence-electron chi connectivity index (χ4n) is 2.20. The highest BCUT2D eigenvalue weighted by molar-refractivity contribution is 7.15. The Labute approximate surface area is 160 Å². The summed E-state index contributed by atoms with van der Waals surface area (Å²) in [6.07, 6.45) is 3.10. The maximum atomic E-state index is 12.1. The quantitative estimate of drug-likeness (QED) is 0.618. The predicted molar refractivity (Wildman–Crippen MR) is 102 cm³/mol. The summed E-state index contributed by atoms with van der Waals surface area (Å²) in [5, 5.41) is 12.3. The number of halogens is 1. The second kappa shape index (κ2) is 8.73. The van der Waals surface area contributed by atoms with Crippen LogP contribution < -0.4 is 10.1 Å². The minimum atomic E-state index is -0.302. The van der Waals surface area contributed by atoms with Crippen molar-refractivity contribution in [3.05, 3.63) is 63.9 Å². The number of anilines is 1. The Morgan fingerprint density at radius 3 is 2.77 bits per heavy atom. The number of pyridine rings is 1. The zero-order valence-electron chi connectivity index (χ0n) is 14.1. The van der Waals surface area contributed by atoms with E-state index >= 15 is 0 Å². The Morgan fingerprint density at radius 2 is 2.04 bits per heavy atom. The van der Waals surface area contributed by atoms with Crippen LogP contribution in [0, 0.1) is 0 Å². The van der Waals surface area contributed by atoms with E-state index in [4.69, 9.17) is 16.3 Å². The molecule has 8 heteroatoms. The van der Waals surface area contributed by atoms with E-state index in [0.717, 1.165) is 17.2 Å². The summed E-state index contributed by atoms with van der Waals surface area (Å²) in [6, 6.07) is 11.1. The van der Waals surface area contributed by atoms with Crippen LogP contribution in [0.25, 0.3) is 0 Å². The van der Waals surface area contributed by atoms with Crippen LogP contribution in [0.2, 0.25) is 5.15 Å². The van der Waals surface area contributed by atoms with Gasteiger partial charge in [0.15, 0.2) is 0 Å². The van der Waals surface area contributed by atoms with Crippen LogP contribution in [0.1, 0.15) is 27.9 Å². The van der Waals surface area contributed by atoms with Crippen LogP contribution >= 0.6 is 22.9 Å². The summed E-state index contributed by atoms with van der Waals surface area (Å²) >= 11 is 7.11. The van der Waals surface area contributed by atoms with Gasteiger partial charge in [-0.15, -0.1) is 10.2 Å². The van der Waals surface area contributed by atoms with Gasteiger partial charge in [-0.1, -0.05) is 42.0 Å². The smallest absolute Gasteiger partial charge is 0.257 e. The first-order chi connectivity index (χ1) is 12.6. The summed E-state index contributed by atoms with van der Waals surface area (Å²) in [4.78, 5) is 16.0. The van der Waals surface area contributed by atoms with Crippen molar-refractivity contribution in [1.82, 2.24) is 15.2 Å². The Balaban J connectivity index is 1.50. The van der Waals surface area contributed by atoms with Crippen LogP contribution in [0.3, 0.4) is 0 Å². The number of amides is 1. The Bertz CT molecular complexity index is 883. The first-order valence-corrected chi connectivity index (χ1v) is 9.30. The molecule has 0 spiro atoms. The molecular weight excluding hydrogens is 372 g/mol. The lowest BCUT2D eigenvalue weighted by Gasteiger charge is -2.05. The Morgan fingerprint density at radius 1 is 1.23 bits per heavy atom. The van der Waals surface area contributed by atoms with Crippen LogP contribution in [-0.4, -0.2) is 27.7 Å². The van der Waals surface area contributed by atoms with Crippen molar-refractivity contribution in [3.63, 3.8) is 0 Å². The molecule has 0 radical (unpaired) electrons. The van der Waals surface area contributed by atoms with Crippen molar-refractivity contribution < 1.29 is 9.53 Å². The average molecular weight is 389 g/mol. The standard InChI is InChI=1S/C18H17ClN4O2S/c1-2-12-3-5-14(6-4-12)25-10-8-16-22-23-18(26-16)21-17(24)13-7-9-20-15(19)11-13/h3-7,9,11H,2,8,10H2,1H3,(H,21,23,24). The summed E-state index contributed by atoms with van der Waals surface area (Å²) in [7, 11) is 0. The lowest BCUT2D eigenvalue weighted by molar-refractivity contribution is 0.102. The number of aryl methyl sites for hydroxylation is 1. The lowest BCUT2D eigenvalue weighted by atomic mass is 10.2. The number of carbonyl (C=O) groups is 1. The first-order valence-electron chi connectivity index (χ1n) is 8.11. The number of benzene rings is 1. The van der Waals surface area contributed by atoms with E-state index in [0.29, 0.717) is 23.7 Å². The molecular formula is C18H17ClN4O2S. The van der Waals surface area contributed by atoms with Crippen molar-refractivity contribution in [2.45, 2.75) is 19.8 Å². The summed E-state index contributed by atoms with van der Waals surface area (Å²) in [5.74, 6) is 0.527. The van der Waals surface area contributed by atoms with E-state index < -0.39 is 0 Å². The molecule has 1 N–H and O–H groups in total. The van der Waals surface area contributed by atoms with Gasteiger partial charge in [-0.2, -0.15) is 0 Å². The maximum Gasteiger partial charge on any atom is 0.257 e. The number of hydrogen-bond donors (Lipinski definition) is 1. The van der Waals surface area contributed by atoms with Gasteiger partial charge >= 0.3 is 0 Å². The number of aromatic nitrogens is 3. The molecule has 26 heavy (non-hydrogen) atoms. The van der Waals surface area contributed by atoms with Crippen LogP contribution in [0.4, 0.5) is 5.13 Å². The van der Waals surface area contributed by atoms with Gasteiger partial charge in [0, 0.05) is 18.2 Å². The van der Waals surface area contributed by atoms with E-state index in [9.17, 15) is 4.79 Å². The van der Waals surface area contributed by atoms with Gasteiger partial charge in [-0.05, 0) is 36.2 Å². The third-order valence-corrected chi connectivity index (χ3v) is 4.70. The molecule has 0 aliphatic heterocycles. The average Bonchev–Trinajstić information content (AvgIpc) is 3.09. The molecule has 1 aromatic carbocycles. The molecule has 6 nitrogen and oxygen atoms in total. The number of rotatable bonds is 7.